The molecule has 0 fully saturated rings. The molecule has 0 saturated carbocycles. The summed E-state index contributed by atoms with van der Waals surface area (Å²) in [6.07, 6.45) is 0. The van der Waals surface area contributed by atoms with Gasteiger partial charge in [-0.3, -0.25) is 4.72 Å². The van der Waals surface area contributed by atoms with Crippen LogP contribution in [0.1, 0.15) is 26.3 Å². The molecule has 3 aromatic carbocycles. The van der Waals surface area contributed by atoms with Crippen molar-refractivity contribution >= 4 is 21.7 Å². The van der Waals surface area contributed by atoms with Crippen LogP contribution in [0.4, 0.5) is 14.5 Å². The van der Waals surface area contributed by atoms with Gasteiger partial charge in [-0.05, 0) is 68.3 Å². The average molecular weight is 531 g/mol. The Kier molecular flexibility index (Phi) is 8.03. The van der Waals surface area contributed by atoms with Gasteiger partial charge in [0.05, 0.1) is 7.11 Å². The van der Waals surface area contributed by atoms with E-state index in [1.54, 1.807) is 26.8 Å². The van der Waals surface area contributed by atoms with E-state index < -0.39 is 44.7 Å². The number of halogens is 2. The minimum atomic E-state index is -4.27. The fourth-order valence-corrected chi connectivity index (χ4v) is 4.39. The highest BCUT2D eigenvalue weighted by atomic mass is 32.2. The second kappa shape index (κ2) is 10.8. The molecule has 0 saturated heterocycles. The molecule has 3 aromatic rings. The van der Waals surface area contributed by atoms with Gasteiger partial charge in [-0.25, -0.2) is 22.0 Å². The standard InChI is InChI=1S/C26H24F2N2O6S/c1-26(2,3)36-25(31)15-35-23-12-17(11-22(28)20(23)14-29)16-5-7-18(8-6-16)30-37(32,33)24-13-19(34-4)9-10-21(24)27/h5-13,30H,15H2,1-4H3. The Labute approximate surface area is 213 Å². The number of anilines is 1. The van der Waals surface area contributed by atoms with E-state index in [0.29, 0.717) is 11.1 Å². The molecule has 0 spiro atoms. The van der Waals surface area contributed by atoms with Crippen molar-refractivity contribution < 1.29 is 36.2 Å². The van der Waals surface area contributed by atoms with Crippen LogP contribution in [0, 0.1) is 23.0 Å². The molecule has 0 bridgehead atoms. The fourth-order valence-electron chi connectivity index (χ4n) is 3.24. The van der Waals surface area contributed by atoms with Crippen LogP contribution >= 0.6 is 0 Å². The molecule has 0 radical (unpaired) electrons. The lowest BCUT2D eigenvalue weighted by molar-refractivity contribution is -0.157. The molecule has 0 aromatic heterocycles. The molecular formula is C26H24F2N2O6S. The summed E-state index contributed by atoms with van der Waals surface area (Å²) >= 11 is 0. The zero-order valence-corrected chi connectivity index (χ0v) is 21.3. The number of nitrogens with one attached hydrogen (secondary N) is 1. The molecule has 0 heterocycles. The van der Waals surface area contributed by atoms with Gasteiger partial charge in [0.1, 0.15) is 45.3 Å². The zero-order valence-electron chi connectivity index (χ0n) is 20.5. The quantitative estimate of drug-likeness (QED) is 0.406. The summed E-state index contributed by atoms with van der Waals surface area (Å²) in [6, 6.07) is 13.4. The van der Waals surface area contributed by atoms with Gasteiger partial charge in [0, 0.05) is 11.8 Å². The second-order valence-electron chi connectivity index (χ2n) is 8.80. The van der Waals surface area contributed by atoms with Gasteiger partial charge in [0.2, 0.25) is 0 Å². The van der Waals surface area contributed by atoms with Crippen LogP contribution in [0.25, 0.3) is 11.1 Å². The zero-order chi connectivity index (χ0) is 27.4. The van der Waals surface area contributed by atoms with Crippen molar-refractivity contribution in [1.29, 1.82) is 5.26 Å². The molecule has 37 heavy (non-hydrogen) atoms. The van der Waals surface area contributed by atoms with Crippen LogP contribution in [-0.2, 0) is 19.6 Å². The van der Waals surface area contributed by atoms with Gasteiger partial charge in [0.15, 0.2) is 6.61 Å². The van der Waals surface area contributed by atoms with E-state index in [9.17, 15) is 27.3 Å². The van der Waals surface area contributed by atoms with Crippen molar-refractivity contribution in [2.45, 2.75) is 31.3 Å². The number of methoxy groups -OCH3 is 1. The molecule has 0 atom stereocenters. The number of esters is 1. The maximum Gasteiger partial charge on any atom is 0.344 e. The van der Waals surface area contributed by atoms with Crippen molar-refractivity contribution in [3.8, 4) is 28.7 Å². The van der Waals surface area contributed by atoms with E-state index in [-0.39, 0.29) is 22.7 Å². The minimum Gasteiger partial charge on any atom is -0.497 e. The molecule has 3 rings (SSSR count). The Morgan fingerprint density at radius 1 is 1.00 bits per heavy atom. The normalized spacial score (nSPS) is 11.4. The number of hydrogen-bond acceptors (Lipinski definition) is 7. The van der Waals surface area contributed by atoms with Crippen LogP contribution in [0.5, 0.6) is 11.5 Å². The average Bonchev–Trinajstić information content (AvgIpc) is 2.82. The van der Waals surface area contributed by atoms with Crippen LogP contribution in [-0.4, -0.2) is 33.7 Å². The summed E-state index contributed by atoms with van der Waals surface area (Å²) in [7, 11) is -2.94. The van der Waals surface area contributed by atoms with Crippen LogP contribution in [0.3, 0.4) is 0 Å². The summed E-state index contributed by atoms with van der Waals surface area (Å²) in [5, 5.41) is 9.32. The van der Waals surface area contributed by atoms with Crippen molar-refractivity contribution in [1.82, 2.24) is 0 Å². The van der Waals surface area contributed by atoms with Gasteiger partial charge in [-0.2, -0.15) is 5.26 Å². The number of hydrogen-bond donors (Lipinski definition) is 1. The smallest absolute Gasteiger partial charge is 0.344 e. The predicted octanol–water partition coefficient (Wildman–Crippen LogP) is 5.03. The Morgan fingerprint density at radius 3 is 2.27 bits per heavy atom. The number of sulfonamides is 1. The number of nitriles is 1. The van der Waals surface area contributed by atoms with Crippen molar-refractivity contribution in [2.75, 3.05) is 18.4 Å². The molecule has 11 heteroatoms. The van der Waals surface area contributed by atoms with E-state index in [2.05, 4.69) is 4.72 Å². The number of nitrogens with zero attached hydrogens (tertiary/aromatic N) is 1. The van der Waals surface area contributed by atoms with Gasteiger partial charge in [-0.1, -0.05) is 12.1 Å². The Bertz CT molecular complexity index is 1460. The minimum absolute atomic E-state index is 0.126. The summed E-state index contributed by atoms with van der Waals surface area (Å²) in [5.41, 5.74) is -0.226. The van der Waals surface area contributed by atoms with E-state index >= 15 is 0 Å². The molecule has 1 N–H and O–H groups in total. The highest BCUT2D eigenvalue weighted by Crippen LogP contribution is 2.31. The Hall–Kier alpha value is -4.17. The number of ether oxygens (including phenoxy) is 3. The largest absolute Gasteiger partial charge is 0.497 e. The molecule has 0 amide bonds. The molecule has 0 aliphatic rings. The molecule has 8 nitrogen and oxygen atoms in total. The van der Waals surface area contributed by atoms with Gasteiger partial charge in [-0.15, -0.1) is 0 Å². The lowest BCUT2D eigenvalue weighted by Gasteiger charge is -2.19. The molecule has 0 aliphatic heterocycles. The molecule has 194 valence electrons. The van der Waals surface area contributed by atoms with Crippen LogP contribution in [0.15, 0.2) is 59.5 Å². The molecule has 0 unspecified atom stereocenters. The first-order valence-electron chi connectivity index (χ1n) is 10.9. The molecular weight excluding hydrogens is 506 g/mol. The number of carbonyl (C=O) groups is 1. The lowest BCUT2D eigenvalue weighted by atomic mass is 10.0. The summed E-state index contributed by atoms with van der Waals surface area (Å²) < 4.78 is 71.9. The van der Waals surface area contributed by atoms with Gasteiger partial charge < -0.3 is 14.2 Å². The summed E-state index contributed by atoms with van der Waals surface area (Å²) in [4.78, 5) is 11.4. The predicted molar refractivity (Wildman–Crippen MR) is 132 cm³/mol. The topological polar surface area (TPSA) is 115 Å². The second-order valence-corrected chi connectivity index (χ2v) is 10.4. The van der Waals surface area contributed by atoms with E-state index in [1.165, 1.54) is 43.5 Å². The van der Waals surface area contributed by atoms with Crippen LogP contribution in [0.2, 0.25) is 0 Å². The number of carbonyl (C=O) groups excluding carboxylic acids is 1. The fraction of sp³-hybridized carbons (Fsp3) is 0.231. The van der Waals surface area contributed by atoms with Crippen molar-refractivity contribution in [3.05, 3.63) is 71.8 Å². The van der Waals surface area contributed by atoms with E-state index in [1.807, 2.05) is 0 Å². The lowest BCUT2D eigenvalue weighted by Crippen LogP contribution is -2.27. The third-order valence-corrected chi connectivity index (χ3v) is 6.23. The highest BCUT2D eigenvalue weighted by molar-refractivity contribution is 7.92. The van der Waals surface area contributed by atoms with E-state index in [0.717, 1.165) is 18.2 Å². The maximum absolute atomic E-state index is 14.6. The Morgan fingerprint density at radius 2 is 1.68 bits per heavy atom. The first kappa shape index (κ1) is 27.4. The third kappa shape index (κ3) is 6.95. The van der Waals surface area contributed by atoms with E-state index in [4.69, 9.17) is 14.2 Å². The van der Waals surface area contributed by atoms with Gasteiger partial charge >= 0.3 is 5.97 Å². The monoisotopic (exact) mass is 530 g/mol. The van der Waals surface area contributed by atoms with Crippen LogP contribution < -0.4 is 14.2 Å². The molecule has 0 aliphatic carbocycles. The Balaban J connectivity index is 1.84. The van der Waals surface area contributed by atoms with Crippen molar-refractivity contribution in [2.24, 2.45) is 0 Å². The summed E-state index contributed by atoms with van der Waals surface area (Å²) in [5.74, 6) is -2.48. The third-order valence-electron chi connectivity index (χ3n) is 4.83. The first-order chi connectivity index (χ1) is 17.3. The van der Waals surface area contributed by atoms with Gasteiger partial charge in [0.25, 0.3) is 10.0 Å². The first-order valence-corrected chi connectivity index (χ1v) is 12.4. The SMILES string of the molecule is COc1ccc(F)c(S(=O)(=O)Nc2ccc(-c3cc(F)c(C#N)c(OCC(=O)OC(C)(C)C)c3)cc2)c1. The summed E-state index contributed by atoms with van der Waals surface area (Å²) in [6.45, 7) is 4.52. The number of rotatable bonds is 8. The van der Waals surface area contributed by atoms with Crippen molar-refractivity contribution in [3.63, 3.8) is 0 Å². The number of benzene rings is 3. The highest BCUT2D eigenvalue weighted by Gasteiger charge is 2.21. The maximum atomic E-state index is 14.6.